The van der Waals surface area contributed by atoms with Gasteiger partial charge in [-0.15, -0.1) is 0 Å². The number of hydrogen-bond donors (Lipinski definition) is 1. The molecule has 0 spiro atoms. The van der Waals surface area contributed by atoms with E-state index in [1.165, 1.54) is 5.01 Å². The molecular weight excluding hydrogens is 486 g/mol. The summed E-state index contributed by atoms with van der Waals surface area (Å²) in [6, 6.07) is 12.6. The third-order valence-electron chi connectivity index (χ3n) is 6.45. The molecule has 0 radical (unpaired) electrons. The van der Waals surface area contributed by atoms with Crippen LogP contribution < -0.4 is 19.9 Å². The Morgan fingerprint density at radius 1 is 1.03 bits per heavy atom. The fourth-order valence-corrected chi connectivity index (χ4v) is 4.36. The Morgan fingerprint density at radius 2 is 1.79 bits per heavy atom. The summed E-state index contributed by atoms with van der Waals surface area (Å²) >= 11 is 0. The van der Waals surface area contributed by atoms with Crippen molar-refractivity contribution in [3.05, 3.63) is 59.2 Å². The van der Waals surface area contributed by atoms with Gasteiger partial charge in [-0.2, -0.15) is 0 Å². The molecule has 9 nitrogen and oxygen atoms in total. The summed E-state index contributed by atoms with van der Waals surface area (Å²) in [5.41, 5.74) is 4.64. The van der Waals surface area contributed by atoms with E-state index in [0.717, 1.165) is 12.0 Å². The number of nitrogens with one attached hydrogen (secondary N) is 1. The number of carbonyl (C=O) groups excluding carboxylic acids is 3. The fraction of sp³-hybridized carbons (Fsp3) is 0.414. The van der Waals surface area contributed by atoms with Gasteiger partial charge in [0.25, 0.3) is 11.8 Å². The maximum atomic E-state index is 13.1. The van der Waals surface area contributed by atoms with Crippen LogP contribution in [0.2, 0.25) is 0 Å². The fourth-order valence-electron chi connectivity index (χ4n) is 4.36. The average Bonchev–Trinajstić information content (AvgIpc) is 3.23. The zero-order chi connectivity index (χ0) is 26.9. The molecule has 2 aliphatic rings. The number of carbonyl (C=O) groups is 3. The van der Waals surface area contributed by atoms with E-state index in [2.05, 4.69) is 5.43 Å². The highest BCUT2D eigenvalue weighted by Gasteiger charge is 2.34. The molecule has 202 valence electrons. The third-order valence-corrected chi connectivity index (χ3v) is 6.45. The number of hydrazine groups is 1. The first-order chi connectivity index (χ1) is 18.5. The van der Waals surface area contributed by atoms with E-state index in [1.807, 2.05) is 30.9 Å². The van der Waals surface area contributed by atoms with Gasteiger partial charge in [-0.25, -0.2) is 5.01 Å². The van der Waals surface area contributed by atoms with Crippen molar-refractivity contribution in [1.82, 2.24) is 10.3 Å². The zero-order valence-electron chi connectivity index (χ0n) is 22.0. The molecule has 2 aliphatic heterocycles. The number of unbranched alkanes of at least 4 members (excludes halogenated alkanes) is 1. The van der Waals surface area contributed by atoms with Crippen LogP contribution in [0.4, 0.5) is 5.69 Å². The highest BCUT2D eigenvalue weighted by molar-refractivity contribution is 6.31. The van der Waals surface area contributed by atoms with Gasteiger partial charge in [0.1, 0.15) is 17.1 Å². The van der Waals surface area contributed by atoms with Crippen molar-refractivity contribution < 1.29 is 28.6 Å². The minimum absolute atomic E-state index is 0.0245. The summed E-state index contributed by atoms with van der Waals surface area (Å²) < 4.78 is 17.4. The third kappa shape index (κ3) is 6.52. The molecule has 1 N–H and O–H groups in total. The Kier molecular flexibility index (Phi) is 9.37. The monoisotopic (exact) mass is 521 g/mol. The number of hydrogen-bond acceptors (Lipinski definition) is 6. The van der Waals surface area contributed by atoms with Crippen LogP contribution in [-0.2, 0) is 19.1 Å². The van der Waals surface area contributed by atoms with Gasteiger partial charge in [0.15, 0.2) is 0 Å². The maximum Gasteiger partial charge on any atom is 0.282 e. The molecule has 2 saturated heterocycles. The van der Waals surface area contributed by atoms with Crippen LogP contribution in [0.25, 0.3) is 6.08 Å². The van der Waals surface area contributed by atoms with Gasteiger partial charge in [0, 0.05) is 30.6 Å². The maximum absolute atomic E-state index is 13.1. The molecule has 2 aromatic carbocycles. The van der Waals surface area contributed by atoms with E-state index in [4.69, 9.17) is 14.2 Å². The Hall–Kier alpha value is -3.85. The number of rotatable bonds is 11. The molecule has 2 heterocycles. The first kappa shape index (κ1) is 27.2. The van der Waals surface area contributed by atoms with E-state index in [0.29, 0.717) is 81.5 Å². The lowest BCUT2D eigenvalue weighted by molar-refractivity contribution is -0.135. The second-order valence-electron chi connectivity index (χ2n) is 9.23. The van der Waals surface area contributed by atoms with Gasteiger partial charge in [0.2, 0.25) is 5.91 Å². The van der Waals surface area contributed by atoms with Crippen molar-refractivity contribution in [2.45, 2.75) is 39.5 Å². The Bertz CT molecular complexity index is 1170. The highest BCUT2D eigenvalue weighted by Crippen LogP contribution is 2.34. The van der Waals surface area contributed by atoms with E-state index in [1.54, 1.807) is 36.4 Å². The van der Waals surface area contributed by atoms with Gasteiger partial charge < -0.3 is 19.1 Å². The number of amides is 3. The predicted octanol–water partition coefficient (Wildman–Crippen LogP) is 3.65. The molecule has 0 aromatic heterocycles. The molecule has 0 aliphatic carbocycles. The van der Waals surface area contributed by atoms with Crippen molar-refractivity contribution >= 4 is 29.5 Å². The molecule has 9 heteroatoms. The molecule has 38 heavy (non-hydrogen) atoms. The average molecular weight is 522 g/mol. The Balaban J connectivity index is 1.47. The second-order valence-corrected chi connectivity index (χ2v) is 9.23. The number of ether oxygens (including phenoxy) is 3. The van der Waals surface area contributed by atoms with Gasteiger partial charge in [-0.1, -0.05) is 25.1 Å². The molecule has 2 aromatic rings. The summed E-state index contributed by atoms with van der Waals surface area (Å²) in [4.78, 5) is 40.0. The topological polar surface area (TPSA) is 97.4 Å². The van der Waals surface area contributed by atoms with Crippen LogP contribution in [-0.4, -0.2) is 62.1 Å². The van der Waals surface area contributed by atoms with Crippen molar-refractivity contribution in [2.24, 2.45) is 0 Å². The zero-order valence-corrected chi connectivity index (χ0v) is 22.0. The van der Waals surface area contributed by atoms with Gasteiger partial charge in [-0.05, 0) is 56.5 Å². The van der Waals surface area contributed by atoms with Crippen LogP contribution in [0.5, 0.6) is 11.5 Å². The van der Waals surface area contributed by atoms with Gasteiger partial charge in [0.05, 0.1) is 32.1 Å². The van der Waals surface area contributed by atoms with Crippen LogP contribution in [0.3, 0.4) is 0 Å². The molecule has 0 atom stereocenters. The number of para-hydroxylation sites is 1. The Morgan fingerprint density at radius 3 is 2.53 bits per heavy atom. The standard InChI is InChI=1S/C29H35N3O6/c1-3-16-37-25-13-12-22(20-24-28(34)30-32(29(24)35)23-9-5-4-6-10-23)27(21(25)2)38-17-8-7-11-26(33)31-14-18-36-19-15-31/h4-6,9-10,12-13,20H,3,7-8,11,14-19H2,1-2H3,(H,30,34)/b24-20+. The van der Waals surface area contributed by atoms with E-state index < -0.39 is 11.8 Å². The molecule has 0 saturated carbocycles. The summed E-state index contributed by atoms with van der Waals surface area (Å²) in [5, 5.41) is 1.24. The summed E-state index contributed by atoms with van der Waals surface area (Å²) in [6.07, 6.45) is 4.28. The van der Waals surface area contributed by atoms with Crippen molar-refractivity contribution in [1.29, 1.82) is 0 Å². The molecule has 4 rings (SSSR count). The molecule has 0 unspecified atom stereocenters. The molecule has 3 amide bonds. The lowest BCUT2D eigenvalue weighted by atomic mass is 10.0. The minimum Gasteiger partial charge on any atom is -0.493 e. The van der Waals surface area contributed by atoms with Crippen LogP contribution >= 0.6 is 0 Å². The van der Waals surface area contributed by atoms with Crippen molar-refractivity contribution in [3.8, 4) is 11.5 Å². The quantitative estimate of drug-likeness (QED) is 0.275. The predicted molar refractivity (Wildman–Crippen MR) is 144 cm³/mol. The summed E-state index contributed by atoms with van der Waals surface area (Å²) in [6.45, 7) is 7.36. The van der Waals surface area contributed by atoms with Gasteiger partial charge >= 0.3 is 0 Å². The molecule has 0 bridgehead atoms. The first-order valence-electron chi connectivity index (χ1n) is 13.2. The number of morpholine rings is 1. The Labute approximate surface area is 223 Å². The SMILES string of the molecule is CCCOc1ccc(/C=C2\C(=O)NN(c3ccccc3)C2=O)c(OCCCCC(=O)N2CCOCC2)c1C. The van der Waals surface area contributed by atoms with Crippen molar-refractivity contribution in [2.75, 3.05) is 44.5 Å². The molecule has 2 fully saturated rings. The van der Waals surface area contributed by atoms with E-state index in [9.17, 15) is 14.4 Å². The number of anilines is 1. The lowest BCUT2D eigenvalue weighted by Crippen LogP contribution is -2.40. The minimum atomic E-state index is -0.476. The summed E-state index contributed by atoms with van der Waals surface area (Å²) in [7, 11) is 0. The van der Waals surface area contributed by atoms with Crippen LogP contribution in [0.1, 0.15) is 43.7 Å². The van der Waals surface area contributed by atoms with Crippen LogP contribution in [0.15, 0.2) is 48.0 Å². The van der Waals surface area contributed by atoms with Crippen molar-refractivity contribution in [3.63, 3.8) is 0 Å². The number of nitrogens with zero attached hydrogens (tertiary/aromatic N) is 2. The normalized spacial score (nSPS) is 16.6. The smallest absolute Gasteiger partial charge is 0.282 e. The summed E-state index contributed by atoms with van der Waals surface area (Å²) in [5.74, 6) is 0.482. The van der Waals surface area contributed by atoms with E-state index >= 15 is 0 Å². The second kappa shape index (κ2) is 13.1. The number of benzene rings is 2. The largest absolute Gasteiger partial charge is 0.493 e. The van der Waals surface area contributed by atoms with E-state index in [-0.39, 0.29) is 11.5 Å². The van der Waals surface area contributed by atoms with Crippen LogP contribution in [0, 0.1) is 6.92 Å². The lowest BCUT2D eigenvalue weighted by Gasteiger charge is -2.26. The molecular formula is C29H35N3O6. The first-order valence-corrected chi connectivity index (χ1v) is 13.2. The van der Waals surface area contributed by atoms with Gasteiger partial charge in [-0.3, -0.25) is 19.8 Å². The highest BCUT2D eigenvalue weighted by atomic mass is 16.5.